The Balaban J connectivity index is 1.45. The van der Waals surface area contributed by atoms with Gasteiger partial charge in [-0.05, 0) is 53.5 Å². The predicted octanol–water partition coefficient (Wildman–Crippen LogP) is 4.91. The van der Waals surface area contributed by atoms with Gasteiger partial charge in [0.25, 0.3) is 0 Å². The molecule has 0 aliphatic rings. The zero-order valence-corrected chi connectivity index (χ0v) is 16.4. The number of nitrogens with one attached hydrogen (secondary N) is 2. The molecule has 0 atom stereocenters. The molecule has 1 aromatic carbocycles. The van der Waals surface area contributed by atoms with Crippen LogP contribution in [0.1, 0.15) is 21.7 Å². The van der Waals surface area contributed by atoms with E-state index in [2.05, 4.69) is 31.7 Å². The summed E-state index contributed by atoms with van der Waals surface area (Å²) in [5, 5.41) is 3.21. The van der Waals surface area contributed by atoms with Crippen LogP contribution in [0, 0.1) is 6.92 Å². The van der Waals surface area contributed by atoms with Crippen molar-refractivity contribution < 1.29 is 13.2 Å². The van der Waals surface area contributed by atoms with Crippen molar-refractivity contribution in [2.45, 2.75) is 26.1 Å². The number of nitrogens with zero attached hydrogens (tertiary/aromatic N) is 2. The number of halogens is 4. The first-order chi connectivity index (χ1) is 12.4. The molecule has 0 saturated heterocycles. The Bertz CT molecular complexity index is 888. The average Bonchev–Trinajstić information content (AvgIpc) is 3.13. The third kappa shape index (κ3) is 4.21. The molecule has 0 saturated carbocycles. The van der Waals surface area contributed by atoms with Gasteiger partial charge in [-0.2, -0.15) is 13.2 Å². The van der Waals surface area contributed by atoms with Crippen LogP contribution in [0.15, 0.2) is 35.1 Å². The van der Waals surface area contributed by atoms with Crippen molar-refractivity contribution in [2.75, 3.05) is 18.5 Å². The van der Waals surface area contributed by atoms with Crippen LogP contribution in [-0.4, -0.2) is 22.7 Å². The summed E-state index contributed by atoms with van der Waals surface area (Å²) in [4.78, 5) is 4.44. The van der Waals surface area contributed by atoms with E-state index >= 15 is 0 Å². The van der Waals surface area contributed by atoms with Crippen LogP contribution >= 0.6 is 27.3 Å². The van der Waals surface area contributed by atoms with Crippen LogP contribution in [0.4, 0.5) is 13.2 Å². The van der Waals surface area contributed by atoms with Crippen molar-refractivity contribution in [3.8, 4) is 0 Å². The number of hydrogen-bond acceptors (Lipinski definition) is 4. The second-order valence-corrected chi connectivity index (χ2v) is 7.73. The zero-order valence-electron chi connectivity index (χ0n) is 14.0. The molecule has 3 aromatic rings. The van der Waals surface area contributed by atoms with Gasteiger partial charge in [-0.1, -0.05) is 12.1 Å². The van der Waals surface area contributed by atoms with Gasteiger partial charge in [0, 0.05) is 22.4 Å². The first-order valence-electron chi connectivity index (χ1n) is 8.09. The molecule has 0 fully saturated rings. The van der Waals surface area contributed by atoms with E-state index in [-0.39, 0.29) is 4.47 Å². The lowest BCUT2D eigenvalue weighted by atomic mass is 10.2. The summed E-state index contributed by atoms with van der Waals surface area (Å²) in [6.07, 6.45) is -1.74. The summed E-state index contributed by atoms with van der Waals surface area (Å²) < 4.78 is 40.8. The first-order valence-corrected chi connectivity index (χ1v) is 9.70. The van der Waals surface area contributed by atoms with E-state index in [1.807, 2.05) is 28.9 Å². The molecule has 140 valence electrons. The molecular weight excluding hydrogens is 429 g/mol. The molecule has 2 N–H and O–H groups in total. The fraction of sp³-hybridized carbons (Fsp3) is 0.353. The normalized spacial score (nSPS) is 12.0. The Morgan fingerprint density at radius 3 is 2.73 bits per heavy atom. The predicted molar refractivity (Wildman–Crippen MR) is 102 cm³/mol. The van der Waals surface area contributed by atoms with E-state index in [1.54, 1.807) is 13.3 Å². The van der Waals surface area contributed by atoms with Gasteiger partial charge < -0.3 is 10.7 Å². The largest absolute Gasteiger partial charge is 0.426 e. The van der Waals surface area contributed by atoms with Gasteiger partial charge in [0.2, 0.25) is 0 Å². The Morgan fingerprint density at radius 2 is 2.00 bits per heavy atom. The summed E-state index contributed by atoms with van der Waals surface area (Å²) >= 11 is 3.85. The van der Waals surface area contributed by atoms with Crippen LogP contribution < -0.4 is 10.7 Å². The maximum absolute atomic E-state index is 12.9. The lowest BCUT2D eigenvalue weighted by Crippen LogP contribution is -2.21. The molecule has 2 aromatic heterocycles. The van der Waals surface area contributed by atoms with Gasteiger partial charge in [0.05, 0.1) is 11.0 Å². The van der Waals surface area contributed by atoms with E-state index in [9.17, 15) is 13.2 Å². The van der Waals surface area contributed by atoms with Gasteiger partial charge in [-0.3, -0.25) is 0 Å². The van der Waals surface area contributed by atoms with Crippen molar-refractivity contribution in [2.24, 2.45) is 0 Å². The number of imidazole rings is 1. The van der Waals surface area contributed by atoms with Gasteiger partial charge >= 0.3 is 6.18 Å². The maximum atomic E-state index is 12.9. The van der Waals surface area contributed by atoms with Gasteiger partial charge in [-0.25, -0.2) is 9.66 Å². The molecule has 0 unspecified atom stereocenters. The lowest BCUT2D eigenvalue weighted by molar-refractivity contribution is -0.134. The van der Waals surface area contributed by atoms with E-state index in [4.69, 9.17) is 0 Å². The molecule has 0 radical (unpaired) electrons. The number of aromatic nitrogens is 2. The number of rotatable bonds is 7. The third-order valence-electron chi connectivity index (χ3n) is 3.98. The number of fused-ring (bicyclic) bond motifs is 1. The molecule has 0 amide bonds. The molecular formula is C17H18BrF3N4S. The third-order valence-corrected chi connectivity index (χ3v) is 6.57. The Hall–Kier alpha value is -1.58. The number of hydrogen-bond donors (Lipinski definition) is 2. The monoisotopic (exact) mass is 446 g/mol. The molecule has 2 heterocycles. The Morgan fingerprint density at radius 1 is 1.23 bits per heavy atom. The molecule has 4 nitrogen and oxygen atoms in total. The van der Waals surface area contributed by atoms with Gasteiger partial charge in [-0.15, -0.1) is 11.3 Å². The molecule has 0 spiro atoms. The van der Waals surface area contributed by atoms with Gasteiger partial charge in [0.15, 0.2) is 0 Å². The topological polar surface area (TPSA) is 41.9 Å². The van der Waals surface area contributed by atoms with Crippen molar-refractivity contribution in [3.05, 3.63) is 50.4 Å². The highest BCUT2D eigenvalue weighted by Gasteiger charge is 2.36. The highest BCUT2D eigenvalue weighted by Crippen LogP contribution is 2.43. The molecule has 26 heavy (non-hydrogen) atoms. The molecule has 0 aliphatic heterocycles. The average molecular weight is 447 g/mol. The van der Waals surface area contributed by atoms with Crippen LogP contribution in [0.2, 0.25) is 0 Å². The van der Waals surface area contributed by atoms with E-state index in [0.29, 0.717) is 23.5 Å². The van der Waals surface area contributed by atoms with Crippen LogP contribution in [0.25, 0.3) is 11.0 Å². The summed E-state index contributed by atoms with van der Waals surface area (Å²) in [6.45, 7) is 3.57. The number of thiophene rings is 1. The molecule has 0 aliphatic carbocycles. The van der Waals surface area contributed by atoms with Crippen molar-refractivity contribution >= 4 is 38.3 Å². The first kappa shape index (κ1) is 19.2. The molecule has 3 rings (SSSR count). The SMILES string of the molecule is Cc1c(CNCCCNn2cnc3ccccc32)sc(C(F)(F)F)c1Br. The minimum absolute atomic E-state index is 0.153. The minimum Gasteiger partial charge on any atom is -0.324 e. The molecule has 9 heteroatoms. The summed E-state index contributed by atoms with van der Waals surface area (Å²) in [5.74, 6) is 0. The quantitative estimate of drug-likeness (QED) is 0.506. The smallest absolute Gasteiger partial charge is 0.324 e. The van der Waals surface area contributed by atoms with Gasteiger partial charge in [0.1, 0.15) is 11.2 Å². The minimum atomic E-state index is -4.32. The number of alkyl halides is 3. The van der Waals surface area contributed by atoms with E-state index in [0.717, 1.165) is 35.3 Å². The van der Waals surface area contributed by atoms with Crippen molar-refractivity contribution in [1.82, 2.24) is 15.0 Å². The molecule has 0 bridgehead atoms. The highest BCUT2D eigenvalue weighted by molar-refractivity contribution is 9.10. The Labute approximate surface area is 161 Å². The van der Waals surface area contributed by atoms with Crippen LogP contribution in [0.3, 0.4) is 0 Å². The number of para-hydroxylation sites is 2. The van der Waals surface area contributed by atoms with Crippen LogP contribution in [-0.2, 0) is 12.7 Å². The van der Waals surface area contributed by atoms with Crippen molar-refractivity contribution in [1.29, 1.82) is 0 Å². The fourth-order valence-electron chi connectivity index (χ4n) is 2.59. The summed E-state index contributed by atoms with van der Waals surface area (Å²) in [7, 11) is 0. The van der Waals surface area contributed by atoms with E-state index < -0.39 is 11.1 Å². The standard InChI is InChI=1S/C17H18BrF3N4S/c1-11-14(26-16(15(11)18)17(19,20)21)9-22-7-4-8-24-25-10-23-12-5-2-3-6-13(12)25/h2-3,5-6,10,22,24H,4,7-9H2,1H3. The summed E-state index contributed by atoms with van der Waals surface area (Å²) in [5.41, 5.74) is 5.86. The van der Waals surface area contributed by atoms with Crippen LogP contribution in [0.5, 0.6) is 0 Å². The Kier molecular flexibility index (Phi) is 5.89. The second-order valence-electron chi connectivity index (χ2n) is 5.83. The zero-order chi connectivity index (χ0) is 18.7. The highest BCUT2D eigenvalue weighted by atomic mass is 79.9. The van der Waals surface area contributed by atoms with Crippen molar-refractivity contribution in [3.63, 3.8) is 0 Å². The van der Waals surface area contributed by atoms with E-state index in [1.165, 1.54) is 0 Å². The lowest BCUT2D eigenvalue weighted by Gasteiger charge is -2.09. The second kappa shape index (κ2) is 7.98. The fourth-order valence-corrected chi connectivity index (χ4v) is 4.46. The number of benzene rings is 1. The summed E-state index contributed by atoms with van der Waals surface area (Å²) in [6, 6.07) is 7.84. The maximum Gasteiger partial charge on any atom is 0.426 e.